The number of likely N-dealkylation sites (N-methyl/N-ethyl adjacent to an activating group) is 1. The molecular formula is C24H27ClN6O5. The van der Waals surface area contributed by atoms with Crippen LogP contribution < -0.4 is 30.6 Å². The van der Waals surface area contributed by atoms with Crippen LogP contribution in [-0.4, -0.2) is 65.5 Å². The van der Waals surface area contributed by atoms with Crippen LogP contribution in [0.2, 0.25) is 5.02 Å². The first kappa shape index (κ1) is 24.1. The maximum atomic E-state index is 12.9. The number of hydrogen-bond acceptors (Lipinski definition) is 9. The molecule has 2 aromatic heterocycles. The van der Waals surface area contributed by atoms with Gasteiger partial charge < -0.3 is 30.1 Å². The number of halogens is 1. The van der Waals surface area contributed by atoms with Crippen molar-refractivity contribution in [1.82, 2.24) is 19.9 Å². The predicted octanol–water partition coefficient (Wildman–Crippen LogP) is 1.91. The summed E-state index contributed by atoms with van der Waals surface area (Å²) in [7, 11) is 1.51. The third-order valence-electron chi connectivity index (χ3n) is 6.48. The van der Waals surface area contributed by atoms with E-state index >= 15 is 0 Å². The van der Waals surface area contributed by atoms with E-state index in [4.69, 9.17) is 21.1 Å². The van der Waals surface area contributed by atoms with Gasteiger partial charge in [0.05, 0.1) is 18.3 Å². The summed E-state index contributed by atoms with van der Waals surface area (Å²) in [6, 6.07) is 5.26. The number of aliphatic hydroxyl groups excluding tert-OH is 1. The number of benzene rings is 1. The first-order chi connectivity index (χ1) is 17.5. The standard InChI is InChI=1S/C24H27ClN6O5/c1-26-20(33)13-36-19-9-15-8-16(10-18-21(15)31(23(19)34)6-7-35-18)28-22-17(25)11-27-24(29-22)30-4-2-14(12-32)3-5-30/h8-11,14,32H,2-7,12-13H2,1H3,(H,26,33)(H,27,28,29). The summed E-state index contributed by atoms with van der Waals surface area (Å²) in [6.07, 6.45) is 3.32. The molecule has 1 aromatic carbocycles. The van der Waals surface area contributed by atoms with Gasteiger partial charge in [-0.2, -0.15) is 4.98 Å². The maximum absolute atomic E-state index is 12.9. The van der Waals surface area contributed by atoms with Crippen molar-refractivity contribution in [3.05, 3.63) is 39.8 Å². The number of ether oxygens (including phenoxy) is 2. The Kier molecular flexibility index (Phi) is 6.84. The van der Waals surface area contributed by atoms with Gasteiger partial charge in [0.1, 0.15) is 17.4 Å². The van der Waals surface area contributed by atoms with Crippen LogP contribution in [0, 0.1) is 5.92 Å². The topological polar surface area (TPSA) is 131 Å². The number of hydrogen-bond donors (Lipinski definition) is 3. The SMILES string of the molecule is CNC(=O)COc1cc2cc(Nc3nc(N4CCC(CO)CC4)ncc3Cl)cc3c2n(c1=O)CCO3. The summed E-state index contributed by atoms with van der Waals surface area (Å²) in [4.78, 5) is 35.7. The van der Waals surface area contributed by atoms with Crippen molar-refractivity contribution in [3.8, 4) is 11.5 Å². The Morgan fingerprint density at radius 2 is 2.08 bits per heavy atom. The first-order valence-electron chi connectivity index (χ1n) is 11.8. The zero-order valence-corrected chi connectivity index (χ0v) is 20.5. The van der Waals surface area contributed by atoms with E-state index in [1.807, 2.05) is 6.07 Å². The Morgan fingerprint density at radius 3 is 2.83 bits per heavy atom. The molecule has 2 aliphatic heterocycles. The van der Waals surface area contributed by atoms with Crippen molar-refractivity contribution in [2.24, 2.45) is 5.92 Å². The number of aromatic nitrogens is 3. The van der Waals surface area contributed by atoms with E-state index in [0.717, 1.165) is 25.9 Å². The Bertz CT molecular complexity index is 1360. The monoisotopic (exact) mass is 514 g/mol. The fourth-order valence-corrected chi connectivity index (χ4v) is 4.62. The Morgan fingerprint density at radius 1 is 1.28 bits per heavy atom. The van der Waals surface area contributed by atoms with Crippen LogP contribution in [0.25, 0.3) is 10.9 Å². The first-order valence-corrected chi connectivity index (χ1v) is 12.2. The van der Waals surface area contributed by atoms with Gasteiger partial charge in [0.25, 0.3) is 11.5 Å². The molecule has 4 heterocycles. The van der Waals surface area contributed by atoms with Crippen LogP contribution in [0.4, 0.5) is 17.5 Å². The number of carbonyl (C=O) groups excluding carboxylic acids is 1. The molecule has 0 radical (unpaired) electrons. The Balaban J connectivity index is 1.46. The zero-order valence-electron chi connectivity index (χ0n) is 19.8. The molecule has 1 fully saturated rings. The van der Waals surface area contributed by atoms with Gasteiger partial charge in [-0.25, -0.2) is 4.98 Å². The molecule has 0 unspecified atom stereocenters. The fourth-order valence-electron chi connectivity index (χ4n) is 4.48. The lowest BCUT2D eigenvalue weighted by molar-refractivity contribution is -0.122. The maximum Gasteiger partial charge on any atom is 0.293 e. The smallest absolute Gasteiger partial charge is 0.293 e. The number of rotatable bonds is 7. The lowest BCUT2D eigenvalue weighted by atomic mass is 9.98. The van der Waals surface area contributed by atoms with Gasteiger partial charge in [-0.1, -0.05) is 11.6 Å². The second-order valence-corrected chi connectivity index (χ2v) is 9.20. The third kappa shape index (κ3) is 4.76. The summed E-state index contributed by atoms with van der Waals surface area (Å²) < 4.78 is 13.0. The third-order valence-corrected chi connectivity index (χ3v) is 6.75. The molecule has 12 heteroatoms. The lowest BCUT2D eigenvalue weighted by Crippen LogP contribution is -2.35. The van der Waals surface area contributed by atoms with Crippen LogP contribution in [0.15, 0.2) is 29.2 Å². The molecule has 0 saturated carbocycles. The number of aliphatic hydroxyl groups is 1. The summed E-state index contributed by atoms with van der Waals surface area (Å²) in [5.41, 5.74) is 1.00. The number of nitrogens with zero attached hydrogens (tertiary/aromatic N) is 4. The molecule has 3 aromatic rings. The van der Waals surface area contributed by atoms with Crippen molar-refractivity contribution >= 4 is 45.9 Å². The Labute approximate surface area is 212 Å². The quantitative estimate of drug-likeness (QED) is 0.432. The molecule has 0 spiro atoms. The minimum Gasteiger partial charge on any atom is -0.489 e. The molecule has 11 nitrogen and oxygen atoms in total. The average Bonchev–Trinajstić information content (AvgIpc) is 2.90. The van der Waals surface area contributed by atoms with Gasteiger partial charge in [-0.3, -0.25) is 14.2 Å². The van der Waals surface area contributed by atoms with Crippen molar-refractivity contribution in [2.45, 2.75) is 19.4 Å². The number of carbonyl (C=O) groups is 1. The van der Waals surface area contributed by atoms with Gasteiger partial charge in [0.2, 0.25) is 5.95 Å². The molecular weight excluding hydrogens is 488 g/mol. The fraction of sp³-hybridized carbons (Fsp3) is 0.417. The molecule has 36 heavy (non-hydrogen) atoms. The zero-order chi connectivity index (χ0) is 25.2. The van der Waals surface area contributed by atoms with Crippen molar-refractivity contribution < 1.29 is 19.4 Å². The number of pyridine rings is 1. The molecule has 0 bridgehead atoms. The molecule has 3 N–H and O–H groups in total. The van der Waals surface area contributed by atoms with E-state index in [1.165, 1.54) is 7.05 Å². The molecule has 2 aliphatic rings. The highest BCUT2D eigenvalue weighted by Gasteiger charge is 2.23. The summed E-state index contributed by atoms with van der Waals surface area (Å²) in [5, 5.41) is 16.2. The van der Waals surface area contributed by atoms with Crippen molar-refractivity contribution in [3.63, 3.8) is 0 Å². The molecule has 0 atom stereocenters. The van der Waals surface area contributed by atoms with Crippen LogP contribution >= 0.6 is 11.6 Å². The van der Waals surface area contributed by atoms with E-state index in [1.54, 1.807) is 22.9 Å². The Hall–Kier alpha value is -3.57. The minimum absolute atomic E-state index is 0.0877. The van der Waals surface area contributed by atoms with Gasteiger partial charge in [0, 0.05) is 43.9 Å². The number of amides is 1. The van der Waals surface area contributed by atoms with Crippen LogP contribution in [0.3, 0.4) is 0 Å². The van der Waals surface area contributed by atoms with Crippen molar-refractivity contribution in [1.29, 1.82) is 0 Å². The molecule has 5 rings (SSSR count). The van der Waals surface area contributed by atoms with Crippen molar-refractivity contribution in [2.75, 3.05) is 50.2 Å². The molecule has 190 valence electrons. The van der Waals surface area contributed by atoms with E-state index < -0.39 is 0 Å². The van der Waals surface area contributed by atoms with E-state index in [-0.39, 0.29) is 30.4 Å². The number of anilines is 3. The van der Waals surface area contributed by atoms with E-state index in [9.17, 15) is 14.7 Å². The van der Waals surface area contributed by atoms with Crippen LogP contribution in [0.1, 0.15) is 12.8 Å². The average molecular weight is 515 g/mol. The number of nitrogens with one attached hydrogen (secondary N) is 2. The highest BCUT2D eigenvalue weighted by molar-refractivity contribution is 6.32. The summed E-state index contributed by atoms with van der Waals surface area (Å²) >= 11 is 6.42. The molecule has 1 saturated heterocycles. The highest BCUT2D eigenvalue weighted by atomic mass is 35.5. The van der Waals surface area contributed by atoms with Crippen LogP contribution in [-0.2, 0) is 11.3 Å². The minimum atomic E-state index is -0.331. The lowest BCUT2D eigenvalue weighted by Gasteiger charge is -2.31. The van der Waals surface area contributed by atoms with E-state index in [0.29, 0.717) is 58.2 Å². The van der Waals surface area contributed by atoms with Crippen LogP contribution in [0.5, 0.6) is 11.5 Å². The second kappa shape index (κ2) is 10.2. The van der Waals surface area contributed by atoms with Gasteiger partial charge in [-0.15, -0.1) is 0 Å². The van der Waals surface area contributed by atoms with Gasteiger partial charge in [0.15, 0.2) is 18.2 Å². The summed E-state index contributed by atoms with van der Waals surface area (Å²) in [6.45, 7) is 2.16. The predicted molar refractivity (Wildman–Crippen MR) is 136 cm³/mol. The largest absolute Gasteiger partial charge is 0.489 e. The van der Waals surface area contributed by atoms with E-state index in [2.05, 4.69) is 25.5 Å². The normalized spacial score (nSPS) is 15.5. The highest BCUT2D eigenvalue weighted by Crippen LogP contribution is 2.35. The van der Waals surface area contributed by atoms with Gasteiger partial charge >= 0.3 is 0 Å². The molecule has 1 amide bonds. The van der Waals surface area contributed by atoms with Gasteiger partial charge in [-0.05, 0) is 30.9 Å². The second-order valence-electron chi connectivity index (χ2n) is 8.79. The molecule has 0 aliphatic carbocycles. The summed E-state index contributed by atoms with van der Waals surface area (Å²) in [5.74, 6) is 1.62. The number of piperidine rings is 1.